The molecule has 2 heterocycles. The van der Waals surface area contributed by atoms with Crippen LogP contribution in [0.5, 0.6) is 0 Å². The number of fused-ring (bicyclic) bond motifs is 1. The number of hydrogen-bond donors (Lipinski definition) is 2. The average Bonchev–Trinajstić information content (AvgIpc) is 3.25. The molecule has 1 saturated carbocycles. The molecular formula is C20H16N6O. The third kappa shape index (κ3) is 3.02. The Morgan fingerprint density at radius 1 is 1.19 bits per heavy atom. The summed E-state index contributed by atoms with van der Waals surface area (Å²) >= 11 is 0. The zero-order valence-electron chi connectivity index (χ0n) is 14.4. The standard InChI is InChI=1S/C20H16N6O/c21-10-18(24-15-7-8-16-17(9-15)23-11-22-16)12-1-3-13(4-2-12)19-25-20(27-26-19)14-5-6-14/h1-4,7-9,11,14,18,24H,5-6H2,(H,22,23). The second-order valence-electron chi connectivity index (χ2n) is 6.69. The van der Waals surface area contributed by atoms with Gasteiger partial charge in [0.15, 0.2) is 0 Å². The van der Waals surface area contributed by atoms with Crippen molar-refractivity contribution in [1.82, 2.24) is 20.1 Å². The summed E-state index contributed by atoms with van der Waals surface area (Å²) in [7, 11) is 0. The summed E-state index contributed by atoms with van der Waals surface area (Å²) in [6.07, 6.45) is 3.91. The minimum Gasteiger partial charge on any atom is -0.366 e. The number of nitrogens with one attached hydrogen (secondary N) is 2. The molecule has 2 N–H and O–H groups in total. The predicted octanol–water partition coefficient (Wildman–Crippen LogP) is 4.17. The molecule has 0 aliphatic heterocycles. The van der Waals surface area contributed by atoms with E-state index in [1.165, 1.54) is 0 Å². The molecule has 1 aliphatic carbocycles. The molecule has 0 bridgehead atoms. The molecule has 1 unspecified atom stereocenters. The molecule has 1 aliphatic rings. The highest BCUT2D eigenvalue weighted by molar-refractivity contribution is 5.78. The van der Waals surface area contributed by atoms with Crippen molar-refractivity contribution in [3.8, 4) is 17.5 Å². The number of hydrogen-bond acceptors (Lipinski definition) is 6. The van der Waals surface area contributed by atoms with E-state index in [1.54, 1.807) is 6.33 Å². The van der Waals surface area contributed by atoms with Crippen molar-refractivity contribution in [2.45, 2.75) is 24.8 Å². The van der Waals surface area contributed by atoms with Crippen LogP contribution in [-0.2, 0) is 0 Å². The smallest absolute Gasteiger partial charge is 0.230 e. The monoisotopic (exact) mass is 356 g/mol. The van der Waals surface area contributed by atoms with E-state index in [4.69, 9.17) is 4.52 Å². The van der Waals surface area contributed by atoms with Crippen LogP contribution >= 0.6 is 0 Å². The molecule has 7 heteroatoms. The maximum atomic E-state index is 9.60. The molecule has 0 radical (unpaired) electrons. The number of benzene rings is 2. The second-order valence-corrected chi connectivity index (χ2v) is 6.69. The number of anilines is 1. The van der Waals surface area contributed by atoms with E-state index in [0.717, 1.165) is 46.6 Å². The molecule has 1 atom stereocenters. The summed E-state index contributed by atoms with van der Waals surface area (Å²) < 4.78 is 5.32. The lowest BCUT2D eigenvalue weighted by molar-refractivity contribution is 0.380. The van der Waals surface area contributed by atoms with Gasteiger partial charge < -0.3 is 14.8 Å². The van der Waals surface area contributed by atoms with Crippen LogP contribution in [0.25, 0.3) is 22.4 Å². The molecule has 7 nitrogen and oxygen atoms in total. The molecule has 1 fully saturated rings. The van der Waals surface area contributed by atoms with Gasteiger partial charge >= 0.3 is 0 Å². The molecule has 0 amide bonds. The maximum absolute atomic E-state index is 9.60. The van der Waals surface area contributed by atoms with Crippen LogP contribution < -0.4 is 5.32 Å². The first kappa shape index (κ1) is 15.6. The third-order valence-electron chi connectivity index (χ3n) is 4.73. The van der Waals surface area contributed by atoms with Gasteiger partial charge in [0.2, 0.25) is 11.7 Å². The van der Waals surface area contributed by atoms with Gasteiger partial charge in [-0.25, -0.2) is 4.98 Å². The first-order chi connectivity index (χ1) is 13.3. The lowest BCUT2D eigenvalue weighted by Gasteiger charge is -2.13. The number of aromatic amines is 1. The summed E-state index contributed by atoms with van der Waals surface area (Å²) in [4.78, 5) is 11.7. The van der Waals surface area contributed by atoms with Crippen molar-refractivity contribution in [3.05, 3.63) is 60.2 Å². The molecule has 5 rings (SSSR count). The van der Waals surface area contributed by atoms with Crippen molar-refractivity contribution in [2.75, 3.05) is 5.32 Å². The largest absolute Gasteiger partial charge is 0.366 e. The lowest BCUT2D eigenvalue weighted by atomic mass is 10.0. The van der Waals surface area contributed by atoms with Gasteiger partial charge in [0, 0.05) is 17.2 Å². The molecule has 4 aromatic rings. The molecule has 2 aromatic carbocycles. The number of rotatable bonds is 5. The van der Waals surface area contributed by atoms with Crippen LogP contribution in [-0.4, -0.2) is 20.1 Å². The summed E-state index contributed by atoms with van der Waals surface area (Å²) in [5.74, 6) is 1.75. The Balaban J connectivity index is 1.36. The Labute approximate surface area is 155 Å². The Kier molecular flexibility index (Phi) is 3.61. The van der Waals surface area contributed by atoms with E-state index in [9.17, 15) is 5.26 Å². The highest BCUT2D eigenvalue weighted by Crippen LogP contribution is 2.39. The molecule has 2 aromatic heterocycles. The van der Waals surface area contributed by atoms with E-state index in [1.807, 2.05) is 42.5 Å². The highest BCUT2D eigenvalue weighted by Gasteiger charge is 2.29. The summed E-state index contributed by atoms with van der Waals surface area (Å²) in [6.45, 7) is 0. The first-order valence-corrected chi connectivity index (χ1v) is 8.83. The summed E-state index contributed by atoms with van der Waals surface area (Å²) in [6, 6.07) is 15.3. The number of imidazole rings is 1. The van der Waals surface area contributed by atoms with Gasteiger partial charge in [-0.05, 0) is 36.6 Å². The molecule has 0 saturated heterocycles. The van der Waals surface area contributed by atoms with E-state index >= 15 is 0 Å². The minimum absolute atomic E-state index is 0.435. The van der Waals surface area contributed by atoms with E-state index in [-0.39, 0.29) is 0 Å². The van der Waals surface area contributed by atoms with Crippen LogP contribution in [0, 0.1) is 11.3 Å². The van der Waals surface area contributed by atoms with Gasteiger partial charge in [-0.2, -0.15) is 10.2 Å². The van der Waals surface area contributed by atoms with Crippen molar-refractivity contribution >= 4 is 16.7 Å². The zero-order valence-corrected chi connectivity index (χ0v) is 14.4. The van der Waals surface area contributed by atoms with Gasteiger partial charge in [0.05, 0.1) is 23.4 Å². The number of nitriles is 1. The van der Waals surface area contributed by atoms with Gasteiger partial charge in [-0.3, -0.25) is 0 Å². The molecular weight excluding hydrogens is 340 g/mol. The van der Waals surface area contributed by atoms with E-state index < -0.39 is 6.04 Å². The second kappa shape index (κ2) is 6.25. The number of aromatic nitrogens is 4. The van der Waals surface area contributed by atoms with Gasteiger partial charge in [-0.15, -0.1) is 0 Å². The fraction of sp³-hybridized carbons (Fsp3) is 0.200. The molecule has 27 heavy (non-hydrogen) atoms. The van der Waals surface area contributed by atoms with Crippen LogP contribution in [0.2, 0.25) is 0 Å². The van der Waals surface area contributed by atoms with Crippen LogP contribution in [0.3, 0.4) is 0 Å². The van der Waals surface area contributed by atoms with Crippen molar-refractivity contribution in [2.24, 2.45) is 0 Å². The van der Waals surface area contributed by atoms with Crippen molar-refractivity contribution < 1.29 is 4.52 Å². The summed E-state index contributed by atoms with van der Waals surface area (Å²) in [5.41, 5.74) is 4.43. The minimum atomic E-state index is -0.466. The molecule has 0 spiro atoms. The van der Waals surface area contributed by atoms with Crippen molar-refractivity contribution in [1.29, 1.82) is 5.26 Å². The quantitative estimate of drug-likeness (QED) is 0.556. The lowest BCUT2D eigenvalue weighted by Crippen LogP contribution is -2.08. The fourth-order valence-electron chi connectivity index (χ4n) is 3.06. The predicted molar refractivity (Wildman–Crippen MR) is 99.8 cm³/mol. The Morgan fingerprint density at radius 3 is 2.81 bits per heavy atom. The summed E-state index contributed by atoms with van der Waals surface area (Å²) in [5, 5.41) is 16.9. The Bertz CT molecular complexity index is 1130. The van der Waals surface area contributed by atoms with E-state index in [0.29, 0.717) is 11.7 Å². The highest BCUT2D eigenvalue weighted by atomic mass is 16.5. The SMILES string of the molecule is N#CC(Nc1ccc2nc[nH]c2c1)c1ccc(-c2noc(C3CC3)n2)cc1. The molecule has 132 valence electrons. The van der Waals surface area contributed by atoms with Gasteiger partial charge in [0.25, 0.3) is 0 Å². The topological polar surface area (TPSA) is 103 Å². The normalized spacial score (nSPS) is 14.8. The number of H-pyrrole nitrogens is 1. The van der Waals surface area contributed by atoms with Gasteiger partial charge in [-0.1, -0.05) is 29.4 Å². The Hall–Kier alpha value is -3.66. The first-order valence-electron chi connectivity index (χ1n) is 8.83. The average molecular weight is 356 g/mol. The Morgan fingerprint density at radius 2 is 2.04 bits per heavy atom. The maximum Gasteiger partial charge on any atom is 0.230 e. The van der Waals surface area contributed by atoms with Crippen LogP contribution in [0.1, 0.15) is 36.3 Å². The van der Waals surface area contributed by atoms with Gasteiger partial charge in [0.1, 0.15) is 6.04 Å². The van der Waals surface area contributed by atoms with E-state index in [2.05, 4.69) is 31.5 Å². The van der Waals surface area contributed by atoms with Crippen molar-refractivity contribution in [3.63, 3.8) is 0 Å². The fourth-order valence-corrected chi connectivity index (χ4v) is 3.06. The number of nitrogens with zero attached hydrogens (tertiary/aromatic N) is 4. The third-order valence-corrected chi connectivity index (χ3v) is 4.73. The van der Waals surface area contributed by atoms with Crippen LogP contribution in [0.15, 0.2) is 53.3 Å². The van der Waals surface area contributed by atoms with Crippen LogP contribution in [0.4, 0.5) is 5.69 Å². The zero-order chi connectivity index (χ0) is 18.2.